The van der Waals surface area contributed by atoms with Gasteiger partial charge in [-0.1, -0.05) is 36.4 Å². The molecule has 1 amide bonds. The molecule has 1 heterocycles. The minimum Gasteiger partial charge on any atom is -0.491 e. The molecule has 4 rings (SSSR count). The fourth-order valence-corrected chi connectivity index (χ4v) is 3.34. The van der Waals surface area contributed by atoms with Crippen LogP contribution in [0.25, 0.3) is 0 Å². The SMILES string of the molecule is O=C(c1ccccc1)N1CCOc2ccc(COCc3ccc(F)cc3)cc2C1. The number of halogens is 1. The number of carbonyl (C=O) groups is 1. The Hall–Kier alpha value is -3.18. The van der Waals surface area contributed by atoms with Crippen molar-refractivity contribution >= 4 is 5.91 Å². The van der Waals surface area contributed by atoms with Gasteiger partial charge in [0.05, 0.1) is 19.8 Å². The molecule has 0 unspecified atom stereocenters. The third-order valence-corrected chi connectivity index (χ3v) is 4.86. The van der Waals surface area contributed by atoms with Gasteiger partial charge in [0, 0.05) is 17.7 Å². The minimum absolute atomic E-state index is 0.0000119. The third-order valence-electron chi connectivity index (χ3n) is 4.86. The van der Waals surface area contributed by atoms with E-state index < -0.39 is 0 Å². The maximum atomic E-state index is 13.0. The summed E-state index contributed by atoms with van der Waals surface area (Å²) < 4.78 is 24.6. The van der Waals surface area contributed by atoms with Crippen LogP contribution in [0.1, 0.15) is 27.0 Å². The molecule has 0 saturated carbocycles. The number of hydrogen-bond donors (Lipinski definition) is 0. The molecule has 0 fully saturated rings. The van der Waals surface area contributed by atoms with Crippen LogP contribution in [0.4, 0.5) is 4.39 Å². The van der Waals surface area contributed by atoms with Crippen LogP contribution >= 0.6 is 0 Å². The second-order valence-electron chi connectivity index (χ2n) is 7.00. The molecule has 0 atom stereocenters. The normalized spacial score (nSPS) is 13.3. The first-order valence-electron chi connectivity index (χ1n) is 9.60. The van der Waals surface area contributed by atoms with Crippen molar-refractivity contribution in [3.05, 3.63) is 101 Å². The zero-order chi connectivity index (χ0) is 20.1. The fraction of sp³-hybridized carbons (Fsp3) is 0.208. The van der Waals surface area contributed by atoms with E-state index in [1.807, 2.05) is 53.4 Å². The molecule has 0 aromatic heterocycles. The summed E-state index contributed by atoms with van der Waals surface area (Å²) in [5, 5.41) is 0. The largest absolute Gasteiger partial charge is 0.491 e. The highest BCUT2D eigenvalue weighted by molar-refractivity contribution is 5.94. The Bertz CT molecular complexity index is 973. The Balaban J connectivity index is 1.42. The molecule has 3 aromatic rings. The average molecular weight is 391 g/mol. The van der Waals surface area contributed by atoms with Gasteiger partial charge in [-0.25, -0.2) is 4.39 Å². The lowest BCUT2D eigenvalue weighted by Crippen LogP contribution is -2.32. The zero-order valence-corrected chi connectivity index (χ0v) is 16.0. The molecule has 0 N–H and O–H groups in total. The van der Waals surface area contributed by atoms with Crippen LogP contribution in [0.3, 0.4) is 0 Å². The molecule has 0 spiro atoms. The van der Waals surface area contributed by atoms with Gasteiger partial charge in [0.25, 0.3) is 5.91 Å². The summed E-state index contributed by atoms with van der Waals surface area (Å²) in [6, 6.07) is 21.5. The van der Waals surface area contributed by atoms with Crippen molar-refractivity contribution in [2.75, 3.05) is 13.2 Å². The van der Waals surface area contributed by atoms with Gasteiger partial charge in [-0.2, -0.15) is 0 Å². The molecule has 5 heteroatoms. The number of nitrogens with zero attached hydrogens (tertiary/aromatic N) is 1. The topological polar surface area (TPSA) is 38.8 Å². The van der Waals surface area contributed by atoms with E-state index in [1.54, 1.807) is 12.1 Å². The minimum atomic E-state index is -0.255. The van der Waals surface area contributed by atoms with Gasteiger partial charge in [-0.15, -0.1) is 0 Å². The number of carbonyl (C=O) groups excluding carboxylic acids is 1. The molecule has 0 radical (unpaired) electrons. The summed E-state index contributed by atoms with van der Waals surface area (Å²) in [6.07, 6.45) is 0. The van der Waals surface area contributed by atoms with Crippen molar-refractivity contribution in [3.8, 4) is 5.75 Å². The van der Waals surface area contributed by atoms with Crippen LogP contribution in [0.5, 0.6) is 5.75 Å². The predicted molar refractivity (Wildman–Crippen MR) is 108 cm³/mol. The van der Waals surface area contributed by atoms with Crippen molar-refractivity contribution in [1.82, 2.24) is 4.90 Å². The van der Waals surface area contributed by atoms with Gasteiger partial charge in [0.1, 0.15) is 18.2 Å². The molecule has 148 valence electrons. The molecule has 1 aliphatic heterocycles. The van der Waals surface area contributed by atoms with Crippen LogP contribution in [-0.4, -0.2) is 24.0 Å². The van der Waals surface area contributed by atoms with Crippen molar-refractivity contribution in [3.63, 3.8) is 0 Å². The summed E-state index contributed by atoms with van der Waals surface area (Å²) in [5.74, 6) is 0.546. The number of fused-ring (bicyclic) bond motifs is 1. The lowest BCUT2D eigenvalue weighted by molar-refractivity contribution is 0.0733. The smallest absolute Gasteiger partial charge is 0.254 e. The lowest BCUT2D eigenvalue weighted by atomic mass is 10.1. The molecule has 4 nitrogen and oxygen atoms in total. The highest BCUT2D eigenvalue weighted by atomic mass is 19.1. The van der Waals surface area contributed by atoms with Gasteiger partial charge < -0.3 is 14.4 Å². The first-order chi connectivity index (χ1) is 14.2. The monoisotopic (exact) mass is 391 g/mol. The van der Waals surface area contributed by atoms with Crippen LogP contribution < -0.4 is 4.74 Å². The van der Waals surface area contributed by atoms with Crippen molar-refractivity contribution < 1.29 is 18.7 Å². The van der Waals surface area contributed by atoms with E-state index in [0.29, 0.717) is 38.5 Å². The van der Waals surface area contributed by atoms with Gasteiger partial charge in [0.2, 0.25) is 0 Å². The van der Waals surface area contributed by atoms with Crippen LogP contribution in [-0.2, 0) is 24.5 Å². The summed E-state index contributed by atoms with van der Waals surface area (Å²) >= 11 is 0. The van der Waals surface area contributed by atoms with E-state index in [0.717, 1.165) is 22.4 Å². The van der Waals surface area contributed by atoms with Crippen molar-refractivity contribution in [2.45, 2.75) is 19.8 Å². The Morgan fingerprint density at radius 2 is 1.69 bits per heavy atom. The number of ether oxygens (including phenoxy) is 2. The van der Waals surface area contributed by atoms with E-state index >= 15 is 0 Å². The van der Waals surface area contributed by atoms with Crippen molar-refractivity contribution in [2.24, 2.45) is 0 Å². The highest BCUT2D eigenvalue weighted by Gasteiger charge is 2.21. The van der Waals surface area contributed by atoms with Crippen LogP contribution in [0, 0.1) is 5.82 Å². The first-order valence-corrected chi connectivity index (χ1v) is 9.60. The molecule has 0 saturated heterocycles. The Labute approximate surface area is 169 Å². The quantitative estimate of drug-likeness (QED) is 0.639. The van der Waals surface area contributed by atoms with Gasteiger partial charge >= 0.3 is 0 Å². The van der Waals surface area contributed by atoms with E-state index in [2.05, 4.69) is 0 Å². The average Bonchev–Trinajstić information content (AvgIpc) is 2.97. The van der Waals surface area contributed by atoms with E-state index in [1.165, 1.54) is 12.1 Å². The molecular formula is C24H22FNO3. The first kappa shape index (κ1) is 19.2. The van der Waals surface area contributed by atoms with E-state index in [-0.39, 0.29) is 11.7 Å². The number of benzene rings is 3. The van der Waals surface area contributed by atoms with E-state index in [9.17, 15) is 9.18 Å². The maximum Gasteiger partial charge on any atom is 0.254 e. The van der Waals surface area contributed by atoms with Crippen LogP contribution in [0.2, 0.25) is 0 Å². The standard InChI is InChI=1S/C24H22FNO3/c25-22-9-6-18(7-10-22)16-28-17-19-8-11-23-21(14-19)15-26(12-13-29-23)24(27)20-4-2-1-3-5-20/h1-11,14H,12-13,15-17H2. The molecular weight excluding hydrogens is 369 g/mol. The Kier molecular flexibility index (Phi) is 5.86. The van der Waals surface area contributed by atoms with Crippen LogP contribution in [0.15, 0.2) is 72.8 Å². The maximum absolute atomic E-state index is 13.0. The molecule has 3 aromatic carbocycles. The van der Waals surface area contributed by atoms with Gasteiger partial charge in [-0.05, 0) is 47.5 Å². The summed E-state index contributed by atoms with van der Waals surface area (Å²) in [6.45, 7) is 2.34. The molecule has 0 bridgehead atoms. The number of amides is 1. The lowest BCUT2D eigenvalue weighted by Gasteiger charge is -2.20. The number of rotatable bonds is 5. The predicted octanol–water partition coefficient (Wildman–Crippen LogP) is 4.58. The van der Waals surface area contributed by atoms with Gasteiger partial charge in [0.15, 0.2) is 0 Å². The molecule has 0 aliphatic carbocycles. The summed E-state index contributed by atoms with van der Waals surface area (Å²) in [5.41, 5.74) is 3.57. The Morgan fingerprint density at radius 1 is 0.966 bits per heavy atom. The Morgan fingerprint density at radius 3 is 2.48 bits per heavy atom. The zero-order valence-electron chi connectivity index (χ0n) is 16.0. The van der Waals surface area contributed by atoms with E-state index in [4.69, 9.17) is 9.47 Å². The molecule has 29 heavy (non-hydrogen) atoms. The summed E-state index contributed by atoms with van der Waals surface area (Å²) in [4.78, 5) is 14.6. The molecule has 1 aliphatic rings. The third kappa shape index (κ3) is 4.81. The van der Waals surface area contributed by atoms with Gasteiger partial charge in [-0.3, -0.25) is 4.79 Å². The van der Waals surface area contributed by atoms with Crippen molar-refractivity contribution in [1.29, 1.82) is 0 Å². The highest BCUT2D eigenvalue weighted by Crippen LogP contribution is 2.25. The second kappa shape index (κ2) is 8.88. The summed E-state index contributed by atoms with van der Waals surface area (Å²) in [7, 11) is 0. The second-order valence-corrected chi connectivity index (χ2v) is 7.00. The number of hydrogen-bond acceptors (Lipinski definition) is 3. The fourth-order valence-electron chi connectivity index (χ4n) is 3.34.